The van der Waals surface area contributed by atoms with Gasteiger partial charge in [-0.3, -0.25) is 9.78 Å². The molecule has 1 heterocycles. The molecular formula is C12H16N4O4. The minimum atomic E-state index is -1.14. The normalized spacial score (nSPS) is 11.3. The topological polar surface area (TPSA) is 112 Å². The number of aromatic carboxylic acids is 1. The Morgan fingerprint density at radius 3 is 2.50 bits per heavy atom. The Morgan fingerprint density at radius 1 is 1.30 bits per heavy atom. The number of nitrogens with one attached hydrogen (secondary N) is 2. The lowest BCUT2D eigenvalue weighted by Gasteiger charge is -2.18. The van der Waals surface area contributed by atoms with E-state index in [1.165, 1.54) is 23.4 Å². The standard InChI is InChI=1S/C12H16N4O4/c1-7(10(17)16(2)3)14-12(20)15-9-4-8(11(18)19)5-13-6-9/h4-7H,1-3H3,(H,18,19)(H2,14,15,20). The number of carboxylic acid groups (broad SMARTS) is 1. The third-order valence-corrected chi connectivity index (χ3v) is 2.40. The largest absolute Gasteiger partial charge is 0.478 e. The Kier molecular flexibility index (Phi) is 5.01. The third-order valence-electron chi connectivity index (χ3n) is 2.40. The molecule has 0 aromatic carbocycles. The summed E-state index contributed by atoms with van der Waals surface area (Å²) in [7, 11) is 3.16. The van der Waals surface area contributed by atoms with Crippen molar-refractivity contribution in [3.05, 3.63) is 24.0 Å². The van der Waals surface area contributed by atoms with E-state index in [2.05, 4.69) is 15.6 Å². The van der Waals surface area contributed by atoms with Crippen LogP contribution in [0.3, 0.4) is 0 Å². The van der Waals surface area contributed by atoms with Crippen molar-refractivity contribution in [2.75, 3.05) is 19.4 Å². The van der Waals surface area contributed by atoms with Gasteiger partial charge in [0.15, 0.2) is 0 Å². The summed E-state index contributed by atoms with van der Waals surface area (Å²) in [6, 6.07) is -0.0365. The summed E-state index contributed by atoms with van der Waals surface area (Å²) >= 11 is 0. The second-order valence-corrected chi connectivity index (χ2v) is 4.32. The van der Waals surface area contributed by atoms with E-state index in [4.69, 9.17) is 5.11 Å². The van der Waals surface area contributed by atoms with Crippen LogP contribution < -0.4 is 10.6 Å². The number of likely N-dealkylation sites (N-methyl/N-ethyl adjacent to an activating group) is 1. The van der Waals surface area contributed by atoms with Crippen molar-refractivity contribution in [1.82, 2.24) is 15.2 Å². The second kappa shape index (κ2) is 6.50. The zero-order chi connectivity index (χ0) is 15.3. The van der Waals surface area contributed by atoms with Gasteiger partial charge in [0.25, 0.3) is 0 Å². The highest BCUT2D eigenvalue weighted by atomic mass is 16.4. The van der Waals surface area contributed by atoms with Crippen molar-refractivity contribution >= 4 is 23.6 Å². The molecule has 3 N–H and O–H groups in total. The van der Waals surface area contributed by atoms with Crippen molar-refractivity contribution in [1.29, 1.82) is 0 Å². The summed E-state index contributed by atoms with van der Waals surface area (Å²) in [4.78, 5) is 39.1. The van der Waals surface area contributed by atoms with Gasteiger partial charge in [-0.2, -0.15) is 0 Å². The highest BCUT2D eigenvalue weighted by Crippen LogP contribution is 2.08. The fourth-order valence-corrected chi connectivity index (χ4v) is 1.44. The first-order valence-corrected chi connectivity index (χ1v) is 5.78. The number of hydrogen-bond donors (Lipinski definition) is 3. The van der Waals surface area contributed by atoms with Crippen molar-refractivity contribution in [2.24, 2.45) is 0 Å². The number of pyridine rings is 1. The van der Waals surface area contributed by atoms with Crippen LogP contribution in [0.15, 0.2) is 18.5 Å². The number of carboxylic acids is 1. The van der Waals surface area contributed by atoms with E-state index >= 15 is 0 Å². The molecule has 0 bridgehead atoms. The molecule has 0 spiro atoms. The van der Waals surface area contributed by atoms with Crippen molar-refractivity contribution in [2.45, 2.75) is 13.0 Å². The van der Waals surface area contributed by atoms with E-state index in [0.29, 0.717) is 0 Å². The fourth-order valence-electron chi connectivity index (χ4n) is 1.44. The molecule has 108 valence electrons. The lowest BCUT2D eigenvalue weighted by Crippen LogP contribution is -2.45. The second-order valence-electron chi connectivity index (χ2n) is 4.32. The number of anilines is 1. The summed E-state index contributed by atoms with van der Waals surface area (Å²) in [5, 5.41) is 13.7. The molecule has 20 heavy (non-hydrogen) atoms. The summed E-state index contributed by atoms with van der Waals surface area (Å²) in [6.45, 7) is 1.55. The maximum absolute atomic E-state index is 11.7. The molecule has 0 saturated heterocycles. The van der Waals surface area contributed by atoms with Crippen LogP contribution >= 0.6 is 0 Å². The molecule has 0 fully saturated rings. The number of nitrogens with zero attached hydrogens (tertiary/aromatic N) is 2. The average molecular weight is 280 g/mol. The van der Waals surface area contributed by atoms with Gasteiger partial charge >= 0.3 is 12.0 Å². The van der Waals surface area contributed by atoms with E-state index in [1.807, 2.05) is 0 Å². The van der Waals surface area contributed by atoms with Crippen LogP contribution in [-0.4, -0.2) is 53.0 Å². The number of amides is 3. The van der Waals surface area contributed by atoms with Gasteiger partial charge in [-0.05, 0) is 13.0 Å². The van der Waals surface area contributed by atoms with Gasteiger partial charge in [0.2, 0.25) is 5.91 Å². The molecule has 0 aliphatic carbocycles. The molecular weight excluding hydrogens is 264 g/mol. The quantitative estimate of drug-likeness (QED) is 0.738. The number of rotatable bonds is 4. The zero-order valence-corrected chi connectivity index (χ0v) is 11.4. The Morgan fingerprint density at radius 2 is 1.95 bits per heavy atom. The number of hydrogen-bond acceptors (Lipinski definition) is 4. The third kappa shape index (κ3) is 4.23. The predicted octanol–water partition coefficient (Wildman–Crippen LogP) is 0.378. The molecule has 8 nitrogen and oxygen atoms in total. The highest BCUT2D eigenvalue weighted by Gasteiger charge is 2.17. The van der Waals surface area contributed by atoms with Crippen LogP contribution in [0.4, 0.5) is 10.5 Å². The SMILES string of the molecule is CC(NC(=O)Nc1cncc(C(=O)O)c1)C(=O)N(C)C. The fraction of sp³-hybridized carbons (Fsp3) is 0.333. The zero-order valence-electron chi connectivity index (χ0n) is 11.4. The van der Waals surface area contributed by atoms with Gasteiger partial charge in [0, 0.05) is 20.3 Å². The molecule has 3 amide bonds. The van der Waals surface area contributed by atoms with Crippen LogP contribution in [-0.2, 0) is 4.79 Å². The number of urea groups is 1. The van der Waals surface area contributed by atoms with Crippen LogP contribution in [0.2, 0.25) is 0 Å². The Labute approximate surface area is 115 Å². The van der Waals surface area contributed by atoms with Gasteiger partial charge in [-0.25, -0.2) is 9.59 Å². The Bertz CT molecular complexity index is 530. The van der Waals surface area contributed by atoms with Gasteiger partial charge < -0.3 is 20.6 Å². The first-order valence-electron chi connectivity index (χ1n) is 5.78. The van der Waals surface area contributed by atoms with E-state index in [9.17, 15) is 14.4 Å². The van der Waals surface area contributed by atoms with E-state index in [1.54, 1.807) is 21.0 Å². The van der Waals surface area contributed by atoms with Crippen LogP contribution in [0.5, 0.6) is 0 Å². The molecule has 1 rings (SSSR count). The summed E-state index contributed by atoms with van der Waals surface area (Å²) in [5.41, 5.74) is 0.187. The highest BCUT2D eigenvalue weighted by molar-refractivity contribution is 5.95. The van der Waals surface area contributed by atoms with E-state index < -0.39 is 18.0 Å². The first-order chi connectivity index (χ1) is 9.31. The lowest BCUT2D eigenvalue weighted by atomic mass is 10.2. The van der Waals surface area contributed by atoms with Gasteiger partial charge in [-0.15, -0.1) is 0 Å². The number of carbonyl (C=O) groups excluding carboxylic acids is 2. The van der Waals surface area contributed by atoms with Crippen molar-refractivity contribution in [3.63, 3.8) is 0 Å². The van der Waals surface area contributed by atoms with Crippen LogP contribution in [0.1, 0.15) is 17.3 Å². The molecule has 1 aromatic rings. The van der Waals surface area contributed by atoms with Crippen molar-refractivity contribution < 1.29 is 19.5 Å². The van der Waals surface area contributed by atoms with Gasteiger partial charge in [0.05, 0.1) is 17.4 Å². The predicted molar refractivity (Wildman–Crippen MR) is 71.5 cm³/mol. The smallest absolute Gasteiger partial charge is 0.337 e. The summed E-state index contributed by atoms with van der Waals surface area (Å²) in [5.74, 6) is -1.39. The molecule has 0 radical (unpaired) electrons. The summed E-state index contributed by atoms with van der Waals surface area (Å²) < 4.78 is 0. The molecule has 0 aliphatic rings. The minimum absolute atomic E-state index is 0.0415. The molecule has 0 saturated carbocycles. The minimum Gasteiger partial charge on any atom is -0.478 e. The van der Waals surface area contributed by atoms with Crippen LogP contribution in [0.25, 0.3) is 0 Å². The van der Waals surface area contributed by atoms with Gasteiger partial charge in [0.1, 0.15) is 6.04 Å². The maximum atomic E-state index is 11.7. The lowest BCUT2D eigenvalue weighted by molar-refractivity contribution is -0.130. The molecule has 1 atom stereocenters. The Hall–Kier alpha value is -2.64. The van der Waals surface area contributed by atoms with Crippen LogP contribution in [0, 0.1) is 0 Å². The molecule has 1 unspecified atom stereocenters. The molecule has 1 aromatic heterocycles. The van der Waals surface area contributed by atoms with E-state index in [-0.39, 0.29) is 17.2 Å². The monoisotopic (exact) mass is 280 g/mol. The van der Waals surface area contributed by atoms with Crippen molar-refractivity contribution in [3.8, 4) is 0 Å². The maximum Gasteiger partial charge on any atom is 0.337 e. The first kappa shape index (κ1) is 15.4. The van der Waals surface area contributed by atoms with Gasteiger partial charge in [-0.1, -0.05) is 0 Å². The number of carbonyl (C=O) groups is 3. The summed E-state index contributed by atoms with van der Waals surface area (Å²) in [6.07, 6.45) is 2.48. The van der Waals surface area contributed by atoms with E-state index in [0.717, 1.165) is 0 Å². The number of aromatic nitrogens is 1. The average Bonchev–Trinajstić information content (AvgIpc) is 2.37. The molecule has 0 aliphatic heterocycles. The molecule has 8 heteroatoms. The Balaban J connectivity index is 2.65.